The van der Waals surface area contributed by atoms with E-state index in [9.17, 15) is 24.0 Å². The first kappa shape index (κ1) is 17.9. The van der Waals surface area contributed by atoms with Crippen LogP contribution in [0.1, 0.15) is 5.56 Å². The molecule has 3 N–H and O–H groups in total. The van der Waals surface area contributed by atoms with E-state index in [-0.39, 0.29) is 22.6 Å². The number of aromatic nitrogens is 1. The van der Waals surface area contributed by atoms with Crippen molar-refractivity contribution in [1.29, 1.82) is 0 Å². The summed E-state index contributed by atoms with van der Waals surface area (Å²) in [7, 11) is -11.4. The van der Waals surface area contributed by atoms with E-state index in [2.05, 4.69) is 4.98 Å². The molecule has 2 atom stereocenters. The van der Waals surface area contributed by atoms with E-state index in [0.29, 0.717) is 0 Å². The molecule has 18 heavy (non-hydrogen) atoms. The third-order valence-electron chi connectivity index (χ3n) is 2.07. The van der Waals surface area contributed by atoms with E-state index in [1.54, 1.807) is 0 Å². The zero-order chi connectivity index (χ0) is 13.3. The van der Waals surface area contributed by atoms with Gasteiger partial charge >= 0.3 is 17.1 Å². The van der Waals surface area contributed by atoms with Crippen LogP contribution in [0.3, 0.4) is 0 Å². The maximum atomic E-state index is 10.9. The quantitative estimate of drug-likeness (QED) is 0.437. The van der Waals surface area contributed by atoms with E-state index < -0.39 is 26.7 Å². The van der Waals surface area contributed by atoms with Gasteiger partial charge in [0.25, 0.3) is 0 Å². The second-order valence-corrected chi connectivity index (χ2v) is 7.27. The molecule has 1 radical (unpaired) electrons. The maximum Gasteiger partial charge on any atom is 2.00 e. The van der Waals surface area contributed by atoms with E-state index in [0.717, 1.165) is 6.20 Å². The van der Waals surface area contributed by atoms with Gasteiger partial charge in [0.05, 0.1) is 0 Å². The molecule has 2 unspecified atom stereocenters. The summed E-state index contributed by atoms with van der Waals surface area (Å²) in [6.45, 7) is 0. The van der Waals surface area contributed by atoms with Crippen LogP contribution in [-0.4, -0.2) is 25.0 Å². The summed E-state index contributed by atoms with van der Waals surface area (Å²) >= 11 is 0. The largest absolute Gasteiger partial charge is 2.00 e. The van der Waals surface area contributed by atoms with Crippen molar-refractivity contribution < 1.29 is 50.9 Å². The van der Waals surface area contributed by atoms with Crippen molar-refractivity contribution in [2.24, 2.45) is 0 Å². The van der Waals surface area contributed by atoms with Crippen molar-refractivity contribution in [3.63, 3.8) is 0 Å². The molecule has 0 amide bonds. The van der Waals surface area contributed by atoms with Gasteiger partial charge < -0.3 is 33.8 Å². The number of hydrogen-bond acceptors (Lipinski definition) is 6. The molecule has 1 heterocycles. The summed E-state index contributed by atoms with van der Waals surface area (Å²) in [6.07, 6.45) is 1.42. The standard InChI is InChI=1S/C7H11NO7P2.Mn/c9-7(16(10,11)12,17(13,14)15)4-6-2-1-3-8-5-6;/h1-3,5,9H,4H2,(H2,10,11,12)(H2,13,14,15);/q;+2/p-2. The topological polar surface area (TPSA) is 154 Å². The Balaban J connectivity index is 0.00000289. The summed E-state index contributed by atoms with van der Waals surface area (Å²) in [4.78, 5) is 42.8. The number of nitrogens with zero attached hydrogens (tertiary/aromatic N) is 1. The Kier molecular flexibility index (Phi) is 5.90. The second kappa shape index (κ2) is 5.92. The number of rotatable bonds is 4. The molecule has 0 saturated carbocycles. The molecule has 8 nitrogen and oxygen atoms in total. The Labute approximate surface area is 113 Å². The van der Waals surface area contributed by atoms with E-state index in [1.807, 2.05) is 0 Å². The third kappa shape index (κ3) is 3.71. The van der Waals surface area contributed by atoms with Crippen molar-refractivity contribution in [2.45, 2.75) is 11.5 Å². The molecule has 1 rings (SSSR count). The summed E-state index contributed by atoms with van der Waals surface area (Å²) in [6, 6.07) is 2.65. The average molecular weight is 336 g/mol. The molecular weight excluding hydrogens is 327 g/mol. The molecule has 0 fully saturated rings. The molecule has 0 aliphatic rings. The van der Waals surface area contributed by atoms with Gasteiger partial charge in [-0.2, -0.15) is 0 Å². The van der Waals surface area contributed by atoms with Crippen molar-refractivity contribution in [3.05, 3.63) is 30.1 Å². The summed E-state index contributed by atoms with van der Waals surface area (Å²) in [5.41, 5.74) is 0.0188. The molecule has 101 valence electrons. The van der Waals surface area contributed by atoms with Crippen LogP contribution in [0.25, 0.3) is 0 Å². The van der Waals surface area contributed by atoms with Crippen LogP contribution in [0.4, 0.5) is 0 Å². The van der Waals surface area contributed by atoms with E-state index >= 15 is 0 Å². The normalized spacial score (nSPS) is 20.9. The fourth-order valence-corrected chi connectivity index (χ4v) is 3.18. The van der Waals surface area contributed by atoms with Crippen molar-refractivity contribution in [1.82, 2.24) is 4.98 Å². The van der Waals surface area contributed by atoms with E-state index in [4.69, 9.17) is 9.79 Å². The van der Waals surface area contributed by atoms with Crippen LogP contribution < -0.4 is 9.79 Å². The van der Waals surface area contributed by atoms with Gasteiger partial charge in [-0.25, -0.2) is 0 Å². The summed E-state index contributed by atoms with van der Waals surface area (Å²) in [5.74, 6) is 0. The smallest absolute Gasteiger partial charge is 0.776 e. The molecule has 11 heteroatoms. The molecule has 0 aliphatic heterocycles. The van der Waals surface area contributed by atoms with Crippen LogP contribution in [0.15, 0.2) is 24.5 Å². The van der Waals surface area contributed by atoms with Gasteiger partial charge in [0.15, 0.2) is 20.3 Å². The second-order valence-electron chi connectivity index (χ2n) is 3.35. The van der Waals surface area contributed by atoms with Crippen molar-refractivity contribution in [2.75, 3.05) is 0 Å². The number of hydrogen-bond donors (Lipinski definition) is 3. The van der Waals surface area contributed by atoms with Crippen LogP contribution in [-0.2, 0) is 32.6 Å². The predicted molar refractivity (Wildman–Crippen MR) is 52.5 cm³/mol. The first-order valence-corrected chi connectivity index (χ1v) is 7.42. The van der Waals surface area contributed by atoms with Crippen molar-refractivity contribution in [3.8, 4) is 0 Å². The monoisotopic (exact) mass is 336 g/mol. The maximum absolute atomic E-state index is 10.9. The zero-order valence-corrected chi connectivity index (χ0v) is 11.7. The van der Waals surface area contributed by atoms with Gasteiger partial charge in [-0.05, 0) is 11.6 Å². The third-order valence-corrected chi connectivity index (χ3v) is 5.71. The SMILES string of the molecule is O=P([O-])(O)C(O)(Cc1cccnc1)P(=O)([O-])O.[Mn+2]. The Morgan fingerprint density at radius 3 is 2.11 bits per heavy atom. The summed E-state index contributed by atoms with van der Waals surface area (Å²) < 4.78 is 21.8. The van der Waals surface area contributed by atoms with Gasteiger partial charge in [0.2, 0.25) is 0 Å². The minimum atomic E-state index is -5.72. The van der Waals surface area contributed by atoms with Gasteiger partial charge in [0, 0.05) is 18.8 Å². The Bertz CT molecular complexity index is 462. The fourth-order valence-electron chi connectivity index (χ4n) is 1.14. The Morgan fingerprint density at radius 1 is 1.28 bits per heavy atom. The average Bonchev–Trinajstić information content (AvgIpc) is 2.15. The van der Waals surface area contributed by atoms with Gasteiger partial charge in [0.1, 0.15) is 0 Å². The molecule has 1 aromatic rings. The van der Waals surface area contributed by atoms with Crippen LogP contribution in [0, 0.1) is 0 Å². The predicted octanol–water partition coefficient (Wildman–Crippen LogP) is -1.64. The van der Waals surface area contributed by atoms with E-state index in [1.165, 1.54) is 18.3 Å². The van der Waals surface area contributed by atoms with Gasteiger partial charge in [-0.15, -0.1) is 0 Å². The van der Waals surface area contributed by atoms with Crippen LogP contribution in [0.2, 0.25) is 0 Å². The minimum Gasteiger partial charge on any atom is -0.776 e. The Morgan fingerprint density at radius 2 is 1.78 bits per heavy atom. The Hall–Kier alpha value is -0.0705. The van der Waals surface area contributed by atoms with Crippen molar-refractivity contribution >= 4 is 15.2 Å². The molecule has 0 spiro atoms. The molecular formula is C7H9MnNO7P2. The van der Waals surface area contributed by atoms with Gasteiger partial charge in [-0.3, -0.25) is 4.98 Å². The van der Waals surface area contributed by atoms with Crippen LogP contribution >= 0.6 is 15.2 Å². The first-order chi connectivity index (χ1) is 7.58. The minimum absolute atomic E-state index is 0. The van der Waals surface area contributed by atoms with Crippen LogP contribution in [0.5, 0.6) is 0 Å². The first-order valence-electron chi connectivity index (χ1n) is 4.27. The zero-order valence-electron chi connectivity index (χ0n) is 8.71. The molecule has 1 aromatic heterocycles. The molecule has 0 saturated heterocycles. The molecule has 0 aliphatic carbocycles. The molecule has 0 aromatic carbocycles. The number of aliphatic hydroxyl groups is 1. The van der Waals surface area contributed by atoms with Gasteiger partial charge in [-0.1, -0.05) is 6.07 Å². The fraction of sp³-hybridized carbons (Fsp3) is 0.286. The molecule has 0 bridgehead atoms. The number of pyridine rings is 1. The summed E-state index contributed by atoms with van der Waals surface area (Å²) in [5, 5.41) is 5.81.